The lowest BCUT2D eigenvalue weighted by molar-refractivity contribution is 0.313. The Morgan fingerprint density at radius 1 is 1.24 bits per heavy atom. The van der Waals surface area contributed by atoms with Crippen molar-refractivity contribution in [2.24, 2.45) is 5.92 Å². The second-order valence-electron chi connectivity index (χ2n) is 6.64. The van der Waals surface area contributed by atoms with Gasteiger partial charge in [0.1, 0.15) is 0 Å². The molecule has 0 saturated carbocycles. The summed E-state index contributed by atoms with van der Waals surface area (Å²) in [5.41, 5.74) is 3.60. The molecule has 1 aromatic heterocycles. The maximum Gasteiger partial charge on any atom is 0.0705 e. The van der Waals surface area contributed by atoms with Gasteiger partial charge in [-0.1, -0.05) is 12.1 Å². The van der Waals surface area contributed by atoms with Crippen LogP contribution in [0.3, 0.4) is 0 Å². The topological polar surface area (TPSA) is 28.2 Å². The van der Waals surface area contributed by atoms with Gasteiger partial charge in [-0.2, -0.15) is 0 Å². The standard InChI is InChI=1S/C18H23N3/c1-13-4-6-15-9-14(5-7-17(15)20-13)10-21-11-16-3-2-8-19-18(16)12-21/h4-7,9,16,18-19H,2-3,8,10-12H2,1H3/t16-,18+/m0/s1. The Morgan fingerprint density at radius 2 is 2.19 bits per heavy atom. The van der Waals surface area contributed by atoms with Crippen LogP contribution in [0.5, 0.6) is 0 Å². The molecule has 1 aromatic carbocycles. The zero-order valence-electron chi connectivity index (χ0n) is 12.7. The summed E-state index contributed by atoms with van der Waals surface area (Å²) in [6.07, 6.45) is 2.74. The van der Waals surface area contributed by atoms with E-state index < -0.39 is 0 Å². The minimum Gasteiger partial charge on any atom is -0.312 e. The lowest BCUT2D eigenvalue weighted by Gasteiger charge is -2.24. The summed E-state index contributed by atoms with van der Waals surface area (Å²) in [7, 11) is 0. The van der Waals surface area contributed by atoms with E-state index in [4.69, 9.17) is 0 Å². The van der Waals surface area contributed by atoms with E-state index in [1.807, 2.05) is 6.92 Å². The van der Waals surface area contributed by atoms with Gasteiger partial charge in [-0.25, -0.2) is 0 Å². The number of nitrogens with zero attached hydrogens (tertiary/aromatic N) is 2. The number of hydrogen-bond acceptors (Lipinski definition) is 3. The first-order valence-electron chi connectivity index (χ1n) is 8.10. The highest BCUT2D eigenvalue weighted by Crippen LogP contribution is 2.26. The Kier molecular flexibility index (Phi) is 3.40. The van der Waals surface area contributed by atoms with Crippen molar-refractivity contribution in [2.45, 2.75) is 32.4 Å². The fraction of sp³-hybridized carbons (Fsp3) is 0.500. The van der Waals surface area contributed by atoms with Gasteiger partial charge in [-0.05, 0) is 56.0 Å². The number of pyridine rings is 1. The van der Waals surface area contributed by atoms with Gasteiger partial charge in [0.25, 0.3) is 0 Å². The number of hydrogen-bond donors (Lipinski definition) is 1. The summed E-state index contributed by atoms with van der Waals surface area (Å²) in [5.74, 6) is 0.864. The predicted octanol–water partition coefficient (Wildman–Crippen LogP) is 2.73. The highest BCUT2D eigenvalue weighted by Gasteiger charge is 2.33. The first kappa shape index (κ1) is 13.2. The molecule has 0 spiro atoms. The van der Waals surface area contributed by atoms with Crippen LogP contribution in [0, 0.1) is 12.8 Å². The van der Waals surface area contributed by atoms with Crippen molar-refractivity contribution >= 4 is 10.9 Å². The number of piperidine rings is 1. The Hall–Kier alpha value is -1.45. The van der Waals surface area contributed by atoms with Crippen molar-refractivity contribution in [3.63, 3.8) is 0 Å². The van der Waals surface area contributed by atoms with E-state index in [1.165, 1.54) is 43.4 Å². The van der Waals surface area contributed by atoms with Gasteiger partial charge in [0.15, 0.2) is 0 Å². The van der Waals surface area contributed by atoms with Crippen molar-refractivity contribution in [1.82, 2.24) is 15.2 Å². The lowest BCUT2D eigenvalue weighted by atomic mass is 9.94. The summed E-state index contributed by atoms with van der Waals surface area (Å²) >= 11 is 0. The van der Waals surface area contributed by atoms with Gasteiger partial charge in [-0.3, -0.25) is 9.88 Å². The molecule has 21 heavy (non-hydrogen) atoms. The van der Waals surface area contributed by atoms with Crippen LogP contribution in [0.15, 0.2) is 30.3 Å². The van der Waals surface area contributed by atoms with Gasteiger partial charge in [0.05, 0.1) is 5.52 Å². The molecule has 1 N–H and O–H groups in total. The van der Waals surface area contributed by atoms with Gasteiger partial charge >= 0.3 is 0 Å². The second kappa shape index (κ2) is 5.39. The van der Waals surface area contributed by atoms with E-state index in [2.05, 4.69) is 45.5 Å². The number of nitrogens with one attached hydrogen (secondary N) is 1. The van der Waals surface area contributed by atoms with Crippen LogP contribution in [0.2, 0.25) is 0 Å². The molecule has 2 aliphatic rings. The molecular formula is C18H23N3. The summed E-state index contributed by atoms with van der Waals surface area (Å²) in [4.78, 5) is 7.19. The first-order chi connectivity index (χ1) is 10.3. The van der Waals surface area contributed by atoms with Crippen LogP contribution in [-0.2, 0) is 6.54 Å². The molecule has 0 aliphatic carbocycles. The minimum atomic E-state index is 0.725. The maximum absolute atomic E-state index is 4.58. The molecule has 0 bridgehead atoms. The van der Waals surface area contributed by atoms with E-state index in [9.17, 15) is 0 Å². The van der Waals surface area contributed by atoms with Gasteiger partial charge in [0.2, 0.25) is 0 Å². The van der Waals surface area contributed by atoms with Crippen molar-refractivity contribution in [2.75, 3.05) is 19.6 Å². The highest BCUT2D eigenvalue weighted by molar-refractivity contribution is 5.79. The van der Waals surface area contributed by atoms with Crippen LogP contribution < -0.4 is 5.32 Å². The molecule has 3 heterocycles. The second-order valence-corrected chi connectivity index (χ2v) is 6.64. The minimum absolute atomic E-state index is 0.725. The first-order valence-corrected chi connectivity index (χ1v) is 8.10. The zero-order chi connectivity index (χ0) is 14.2. The average Bonchev–Trinajstić information content (AvgIpc) is 2.89. The molecule has 3 heteroatoms. The van der Waals surface area contributed by atoms with Crippen molar-refractivity contribution in [1.29, 1.82) is 0 Å². The van der Waals surface area contributed by atoms with Crippen molar-refractivity contribution in [3.8, 4) is 0 Å². The quantitative estimate of drug-likeness (QED) is 0.917. The zero-order valence-corrected chi connectivity index (χ0v) is 12.7. The van der Waals surface area contributed by atoms with Gasteiger partial charge in [0, 0.05) is 36.8 Å². The fourth-order valence-electron chi connectivity index (χ4n) is 3.90. The largest absolute Gasteiger partial charge is 0.312 e. The molecule has 0 unspecified atom stereocenters. The number of benzene rings is 1. The van der Waals surface area contributed by atoms with Crippen LogP contribution in [0.1, 0.15) is 24.1 Å². The lowest BCUT2D eigenvalue weighted by Crippen LogP contribution is -2.40. The number of aromatic nitrogens is 1. The van der Waals surface area contributed by atoms with E-state index in [0.717, 1.165) is 29.7 Å². The normalized spacial score (nSPS) is 26.1. The van der Waals surface area contributed by atoms with E-state index in [0.29, 0.717) is 0 Å². The SMILES string of the molecule is Cc1ccc2cc(CN3C[C@@H]4CCCN[C@@H]4C3)ccc2n1. The smallest absolute Gasteiger partial charge is 0.0705 e. The van der Waals surface area contributed by atoms with Crippen LogP contribution >= 0.6 is 0 Å². The Balaban J connectivity index is 1.51. The molecule has 2 atom stereocenters. The molecule has 0 radical (unpaired) electrons. The summed E-state index contributed by atoms with van der Waals surface area (Å²) in [5, 5.41) is 4.94. The van der Waals surface area contributed by atoms with Crippen LogP contribution in [0.4, 0.5) is 0 Å². The van der Waals surface area contributed by atoms with E-state index in [1.54, 1.807) is 0 Å². The Bertz CT molecular complexity index is 638. The molecule has 2 saturated heterocycles. The molecule has 2 aromatic rings. The molecular weight excluding hydrogens is 258 g/mol. The monoisotopic (exact) mass is 281 g/mol. The third-order valence-electron chi connectivity index (χ3n) is 4.97. The molecule has 3 nitrogen and oxygen atoms in total. The molecule has 2 fully saturated rings. The number of aryl methyl sites for hydroxylation is 1. The number of likely N-dealkylation sites (tertiary alicyclic amines) is 1. The third-order valence-corrected chi connectivity index (χ3v) is 4.97. The predicted molar refractivity (Wildman–Crippen MR) is 86.3 cm³/mol. The van der Waals surface area contributed by atoms with Crippen LogP contribution in [-0.4, -0.2) is 35.6 Å². The Morgan fingerprint density at radius 3 is 3.10 bits per heavy atom. The van der Waals surface area contributed by atoms with Crippen LogP contribution in [0.25, 0.3) is 10.9 Å². The van der Waals surface area contributed by atoms with Crippen molar-refractivity contribution in [3.05, 3.63) is 41.6 Å². The van der Waals surface area contributed by atoms with Crippen molar-refractivity contribution < 1.29 is 0 Å². The number of rotatable bonds is 2. The Labute approximate surface area is 126 Å². The molecule has 4 rings (SSSR count). The van der Waals surface area contributed by atoms with E-state index >= 15 is 0 Å². The molecule has 2 aliphatic heterocycles. The number of fused-ring (bicyclic) bond motifs is 2. The maximum atomic E-state index is 4.58. The fourth-order valence-corrected chi connectivity index (χ4v) is 3.90. The molecule has 110 valence electrons. The third kappa shape index (κ3) is 2.68. The molecule has 0 amide bonds. The summed E-state index contributed by atoms with van der Waals surface area (Å²) in [6.45, 7) is 6.78. The highest BCUT2D eigenvalue weighted by atomic mass is 15.2. The average molecular weight is 281 g/mol. The summed E-state index contributed by atoms with van der Waals surface area (Å²) in [6, 6.07) is 11.7. The van der Waals surface area contributed by atoms with Gasteiger partial charge in [-0.15, -0.1) is 0 Å². The van der Waals surface area contributed by atoms with E-state index in [-0.39, 0.29) is 0 Å². The van der Waals surface area contributed by atoms with Gasteiger partial charge < -0.3 is 5.32 Å². The summed E-state index contributed by atoms with van der Waals surface area (Å²) < 4.78 is 0.